The van der Waals surface area contributed by atoms with Crippen molar-refractivity contribution in [3.8, 4) is 0 Å². The fourth-order valence-corrected chi connectivity index (χ4v) is 5.20. The number of hydrogen-bond acceptors (Lipinski definition) is 3. The number of hydrogen-bond donors (Lipinski definition) is 3. The molecule has 0 saturated carbocycles. The van der Waals surface area contributed by atoms with Gasteiger partial charge in [-0.25, -0.2) is 0 Å². The summed E-state index contributed by atoms with van der Waals surface area (Å²) in [6, 6.07) is 0. The lowest BCUT2D eigenvalue weighted by molar-refractivity contribution is -0.121. The molecule has 1 rings (SSSR count). The van der Waals surface area contributed by atoms with Gasteiger partial charge in [0.25, 0.3) is 0 Å². The highest BCUT2D eigenvalue weighted by Crippen LogP contribution is 2.33. The Morgan fingerprint density at radius 1 is 0.606 bits per heavy atom. The molecule has 1 aliphatic rings. The fourth-order valence-electron chi connectivity index (χ4n) is 5.20. The summed E-state index contributed by atoms with van der Waals surface area (Å²) >= 11 is 0. The van der Waals surface area contributed by atoms with Crippen LogP contribution in [-0.4, -0.2) is 29.2 Å². The molecule has 4 heteroatoms. The summed E-state index contributed by atoms with van der Waals surface area (Å²) in [7, 11) is 0. The molecular formula is C29H59N3O. The zero-order valence-electron chi connectivity index (χ0n) is 23.3. The number of amides is 1. The van der Waals surface area contributed by atoms with E-state index in [1.165, 1.54) is 96.3 Å². The summed E-state index contributed by atoms with van der Waals surface area (Å²) in [5.74, 6) is 0.184. The van der Waals surface area contributed by atoms with Crippen LogP contribution in [0.2, 0.25) is 0 Å². The predicted octanol–water partition coefficient (Wildman–Crippen LogP) is 7.61. The normalized spacial score (nSPS) is 18.5. The maximum atomic E-state index is 12.3. The highest BCUT2D eigenvalue weighted by atomic mass is 16.1. The Morgan fingerprint density at radius 3 is 1.36 bits per heavy atom. The molecule has 0 unspecified atom stereocenters. The molecular weight excluding hydrogens is 406 g/mol. The maximum Gasteiger partial charge on any atom is 0.220 e. The van der Waals surface area contributed by atoms with Crippen LogP contribution >= 0.6 is 0 Å². The van der Waals surface area contributed by atoms with E-state index in [1.807, 2.05) is 0 Å². The minimum atomic E-state index is -0.182. The van der Waals surface area contributed by atoms with Gasteiger partial charge in [0.15, 0.2) is 0 Å². The molecule has 0 aromatic rings. The Morgan fingerprint density at radius 2 is 0.970 bits per heavy atom. The first kappa shape index (κ1) is 30.4. The lowest BCUT2D eigenvalue weighted by Gasteiger charge is -2.33. The van der Waals surface area contributed by atoms with Gasteiger partial charge in [-0.05, 0) is 47.5 Å². The first-order valence-electron chi connectivity index (χ1n) is 14.5. The molecule has 0 radical (unpaired) electrons. The lowest BCUT2D eigenvalue weighted by Crippen LogP contribution is -2.51. The first-order valence-corrected chi connectivity index (χ1v) is 14.5. The third kappa shape index (κ3) is 13.2. The van der Waals surface area contributed by atoms with Gasteiger partial charge in [-0.3, -0.25) is 15.4 Å². The van der Waals surface area contributed by atoms with Crippen LogP contribution in [0, 0.1) is 0 Å². The molecule has 0 aliphatic carbocycles. The quantitative estimate of drug-likeness (QED) is 0.162. The minimum Gasteiger partial charge on any atom is -0.356 e. The van der Waals surface area contributed by atoms with Gasteiger partial charge < -0.3 is 5.32 Å². The number of nitrogens with one attached hydrogen (secondary N) is 3. The fraction of sp³-hybridized carbons (Fsp3) is 0.966. The molecule has 0 spiro atoms. The van der Waals surface area contributed by atoms with Gasteiger partial charge in [0.05, 0.1) is 5.66 Å². The Hall–Kier alpha value is -0.610. The molecule has 0 bridgehead atoms. The molecule has 0 aromatic heterocycles. The Bertz CT molecular complexity index is 499. The Kier molecular flexibility index (Phi) is 14.9. The monoisotopic (exact) mass is 465 g/mol. The zero-order chi connectivity index (χ0) is 24.6. The van der Waals surface area contributed by atoms with Crippen LogP contribution in [0.25, 0.3) is 0 Å². The van der Waals surface area contributed by atoms with Crippen molar-refractivity contribution in [2.24, 2.45) is 0 Å². The molecule has 1 heterocycles. The molecule has 1 aliphatic heterocycles. The van der Waals surface area contributed by atoms with E-state index >= 15 is 0 Å². The SMILES string of the molecule is CCCCCCCCCCCCCCCCCCNC(=O)CCC1(C)NC(C)(C)C(C)(C)N1. The smallest absolute Gasteiger partial charge is 0.220 e. The summed E-state index contributed by atoms with van der Waals surface area (Å²) in [4.78, 5) is 12.3. The Balaban J connectivity index is 1.87. The summed E-state index contributed by atoms with van der Waals surface area (Å²) in [6.07, 6.45) is 23.5. The van der Waals surface area contributed by atoms with Crippen molar-refractivity contribution < 1.29 is 4.79 Å². The maximum absolute atomic E-state index is 12.3. The average Bonchev–Trinajstić information content (AvgIpc) is 2.91. The molecule has 33 heavy (non-hydrogen) atoms. The van der Waals surface area contributed by atoms with E-state index in [1.54, 1.807) is 0 Å². The topological polar surface area (TPSA) is 53.2 Å². The van der Waals surface area contributed by atoms with Crippen LogP contribution in [-0.2, 0) is 4.79 Å². The van der Waals surface area contributed by atoms with Gasteiger partial charge in [-0.1, -0.05) is 103 Å². The van der Waals surface area contributed by atoms with E-state index < -0.39 is 0 Å². The third-order valence-electron chi connectivity index (χ3n) is 7.94. The van der Waals surface area contributed by atoms with Crippen molar-refractivity contribution in [1.82, 2.24) is 16.0 Å². The number of rotatable bonds is 20. The van der Waals surface area contributed by atoms with Gasteiger partial charge in [0.2, 0.25) is 5.91 Å². The van der Waals surface area contributed by atoms with Gasteiger partial charge in [0.1, 0.15) is 0 Å². The van der Waals surface area contributed by atoms with Crippen LogP contribution in [0.5, 0.6) is 0 Å². The molecule has 1 amide bonds. The van der Waals surface area contributed by atoms with Crippen molar-refractivity contribution in [1.29, 1.82) is 0 Å². The van der Waals surface area contributed by atoms with E-state index in [9.17, 15) is 4.79 Å². The Labute approximate surface area is 207 Å². The third-order valence-corrected chi connectivity index (χ3v) is 7.94. The van der Waals surface area contributed by atoms with Crippen LogP contribution in [0.1, 0.15) is 157 Å². The molecule has 0 aromatic carbocycles. The highest BCUT2D eigenvalue weighted by Gasteiger charge is 2.50. The number of unbranched alkanes of at least 4 members (excludes halogenated alkanes) is 15. The molecule has 4 nitrogen and oxygen atoms in total. The summed E-state index contributed by atoms with van der Waals surface area (Å²) in [5, 5.41) is 10.5. The van der Waals surface area contributed by atoms with Crippen LogP contribution in [0.3, 0.4) is 0 Å². The molecule has 0 atom stereocenters. The molecule has 1 fully saturated rings. The van der Waals surface area contributed by atoms with Gasteiger partial charge in [-0.15, -0.1) is 0 Å². The van der Waals surface area contributed by atoms with E-state index in [0.29, 0.717) is 6.42 Å². The number of carbonyl (C=O) groups is 1. The molecule has 196 valence electrons. The van der Waals surface area contributed by atoms with Gasteiger partial charge >= 0.3 is 0 Å². The summed E-state index contributed by atoms with van der Waals surface area (Å²) < 4.78 is 0. The second kappa shape index (κ2) is 16.1. The van der Waals surface area contributed by atoms with E-state index in [-0.39, 0.29) is 22.6 Å². The van der Waals surface area contributed by atoms with Crippen LogP contribution < -0.4 is 16.0 Å². The largest absolute Gasteiger partial charge is 0.356 e. The van der Waals surface area contributed by atoms with Crippen molar-refractivity contribution >= 4 is 5.91 Å². The first-order chi connectivity index (χ1) is 15.6. The average molecular weight is 466 g/mol. The highest BCUT2D eigenvalue weighted by molar-refractivity contribution is 5.75. The van der Waals surface area contributed by atoms with Crippen LogP contribution in [0.15, 0.2) is 0 Å². The van der Waals surface area contributed by atoms with E-state index in [0.717, 1.165) is 19.4 Å². The summed E-state index contributed by atoms with van der Waals surface area (Å²) in [6.45, 7) is 14.2. The van der Waals surface area contributed by atoms with E-state index in [4.69, 9.17) is 0 Å². The van der Waals surface area contributed by atoms with Gasteiger partial charge in [-0.2, -0.15) is 0 Å². The second-order valence-electron chi connectivity index (χ2n) is 12.0. The minimum absolute atomic E-state index is 0.00573. The van der Waals surface area contributed by atoms with E-state index in [2.05, 4.69) is 57.5 Å². The zero-order valence-corrected chi connectivity index (χ0v) is 23.3. The lowest BCUT2D eigenvalue weighted by atomic mass is 9.85. The van der Waals surface area contributed by atoms with Gasteiger partial charge in [0, 0.05) is 24.0 Å². The second-order valence-corrected chi connectivity index (χ2v) is 12.0. The van der Waals surface area contributed by atoms with Crippen molar-refractivity contribution in [3.63, 3.8) is 0 Å². The van der Waals surface area contributed by atoms with Crippen molar-refractivity contribution in [2.75, 3.05) is 6.54 Å². The molecule has 3 N–H and O–H groups in total. The number of carbonyl (C=O) groups excluding carboxylic acids is 1. The van der Waals surface area contributed by atoms with Crippen molar-refractivity contribution in [3.05, 3.63) is 0 Å². The van der Waals surface area contributed by atoms with Crippen LogP contribution in [0.4, 0.5) is 0 Å². The standard InChI is InChI=1S/C29H59N3O/c1-7-8-9-10-11-12-13-14-15-16-17-18-19-20-21-22-25-30-26(33)23-24-29(6)31-27(2,3)28(4,5)32-29/h31-32H,7-25H2,1-6H3,(H,30,33). The summed E-state index contributed by atoms with van der Waals surface area (Å²) in [5.41, 5.74) is -0.170. The van der Waals surface area contributed by atoms with Crippen molar-refractivity contribution in [2.45, 2.75) is 174 Å². The predicted molar refractivity (Wildman–Crippen MR) is 145 cm³/mol. The molecule has 1 saturated heterocycles.